The van der Waals surface area contributed by atoms with E-state index in [0.29, 0.717) is 41.0 Å². The van der Waals surface area contributed by atoms with Crippen LogP contribution in [0.15, 0.2) is 88.8 Å². The Bertz CT molecular complexity index is 1330. The third-order valence-electron chi connectivity index (χ3n) is 5.82. The van der Waals surface area contributed by atoms with Crippen LogP contribution >= 0.6 is 11.8 Å². The van der Waals surface area contributed by atoms with Gasteiger partial charge in [0.25, 0.3) is 5.91 Å². The molecule has 3 aromatic rings. The van der Waals surface area contributed by atoms with Crippen LogP contribution in [0, 0.1) is 5.82 Å². The van der Waals surface area contributed by atoms with Crippen molar-refractivity contribution in [2.45, 2.75) is 24.6 Å². The number of hydrogen-bond acceptors (Lipinski definition) is 5. The smallest absolute Gasteiger partial charge is 0.259 e. The Balaban J connectivity index is 1.30. The van der Waals surface area contributed by atoms with Crippen molar-refractivity contribution >= 4 is 40.3 Å². The lowest BCUT2D eigenvalue weighted by Gasteiger charge is -2.25. The summed E-state index contributed by atoms with van der Waals surface area (Å²) in [6, 6.07) is 23.0. The maximum absolute atomic E-state index is 14.1. The van der Waals surface area contributed by atoms with Crippen molar-refractivity contribution in [3.63, 3.8) is 0 Å². The molecule has 0 radical (unpaired) electrons. The molecule has 0 aliphatic carbocycles. The normalized spacial score (nSPS) is 16.3. The molecular formula is C27H23FN4O2S. The molecule has 8 heteroatoms. The minimum absolute atomic E-state index is 0.0406. The molecule has 0 aromatic heterocycles. The first-order valence-electron chi connectivity index (χ1n) is 11.4. The van der Waals surface area contributed by atoms with Crippen LogP contribution in [0.25, 0.3) is 0 Å². The van der Waals surface area contributed by atoms with Gasteiger partial charge in [-0.05, 0) is 35.7 Å². The summed E-state index contributed by atoms with van der Waals surface area (Å²) < 4.78 is 14.1. The number of carbonyl (C=O) groups is 2. The topological polar surface area (TPSA) is 74.1 Å². The lowest BCUT2D eigenvalue weighted by atomic mass is 10.1. The molecule has 2 aliphatic heterocycles. The van der Waals surface area contributed by atoms with Gasteiger partial charge in [-0.15, -0.1) is 0 Å². The Labute approximate surface area is 207 Å². The molecule has 2 amide bonds. The highest BCUT2D eigenvalue weighted by Crippen LogP contribution is 2.35. The van der Waals surface area contributed by atoms with Gasteiger partial charge in [0.15, 0.2) is 5.17 Å². The Hall–Kier alpha value is -3.78. The largest absolute Gasteiger partial charge is 0.356 e. The zero-order valence-corrected chi connectivity index (χ0v) is 19.7. The molecule has 35 heavy (non-hydrogen) atoms. The Morgan fingerprint density at radius 3 is 2.57 bits per heavy atom. The van der Waals surface area contributed by atoms with Crippen LogP contribution in [-0.2, 0) is 21.8 Å². The van der Waals surface area contributed by atoms with Gasteiger partial charge in [0, 0.05) is 17.9 Å². The molecule has 0 bridgehead atoms. The second kappa shape index (κ2) is 10.2. The molecule has 1 atom stereocenters. The van der Waals surface area contributed by atoms with Gasteiger partial charge >= 0.3 is 0 Å². The summed E-state index contributed by atoms with van der Waals surface area (Å²) in [4.78, 5) is 36.7. The summed E-state index contributed by atoms with van der Waals surface area (Å²) in [5.74, 6) is -0.0287. The molecule has 0 spiro atoms. The number of fused-ring (bicyclic) bond motifs is 3. The number of amides is 2. The number of nitrogens with one attached hydrogen (secondary N) is 1. The lowest BCUT2D eigenvalue weighted by Crippen LogP contribution is -2.42. The van der Waals surface area contributed by atoms with Gasteiger partial charge in [-0.3, -0.25) is 14.6 Å². The summed E-state index contributed by atoms with van der Waals surface area (Å²) in [6.45, 7) is 0.484. The Morgan fingerprint density at radius 1 is 1.00 bits per heavy atom. The summed E-state index contributed by atoms with van der Waals surface area (Å²) in [5, 5.41) is 3.32. The van der Waals surface area contributed by atoms with E-state index in [0.717, 1.165) is 11.1 Å². The van der Waals surface area contributed by atoms with E-state index < -0.39 is 6.04 Å². The van der Waals surface area contributed by atoms with E-state index in [9.17, 15) is 14.0 Å². The number of nitrogens with zero attached hydrogens (tertiary/aromatic N) is 3. The average molecular weight is 487 g/mol. The number of carbonyl (C=O) groups excluding carboxylic acids is 2. The number of amidine groups is 2. The van der Waals surface area contributed by atoms with Crippen LogP contribution in [0.4, 0.5) is 10.1 Å². The van der Waals surface area contributed by atoms with Crippen molar-refractivity contribution in [2.24, 2.45) is 9.98 Å². The second-order valence-electron chi connectivity index (χ2n) is 8.22. The molecule has 0 fully saturated rings. The van der Waals surface area contributed by atoms with Crippen LogP contribution in [-0.4, -0.2) is 40.3 Å². The quantitative estimate of drug-likeness (QED) is 0.536. The zero-order valence-electron chi connectivity index (χ0n) is 18.9. The fourth-order valence-corrected chi connectivity index (χ4v) is 5.02. The minimum Gasteiger partial charge on any atom is -0.356 e. The van der Waals surface area contributed by atoms with Crippen molar-refractivity contribution < 1.29 is 14.0 Å². The van der Waals surface area contributed by atoms with Crippen LogP contribution in [0.3, 0.4) is 0 Å². The molecule has 5 rings (SSSR count). The van der Waals surface area contributed by atoms with Crippen LogP contribution in [0.1, 0.15) is 23.1 Å². The zero-order chi connectivity index (χ0) is 24.2. The maximum atomic E-state index is 14.1. The molecule has 1 N–H and O–H groups in total. The summed E-state index contributed by atoms with van der Waals surface area (Å²) >= 11 is 1.27. The minimum atomic E-state index is -0.827. The average Bonchev–Trinajstić information content (AvgIpc) is 3.20. The van der Waals surface area contributed by atoms with Crippen LogP contribution < -0.4 is 5.32 Å². The van der Waals surface area contributed by atoms with Gasteiger partial charge in [0.2, 0.25) is 5.91 Å². The van der Waals surface area contributed by atoms with E-state index in [-0.39, 0.29) is 24.1 Å². The fraction of sp³-hybridized carbons (Fsp3) is 0.185. The maximum Gasteiger partial charge on any atom is 0.259 e. The van der Waals surface area contributed by atoms with E-state index in [4.69, 9.17) is 0 Å². The number of rotatable bonds is 7. The van der Waals surface area contributed by atoms with E-state index in [1.807, 2.05) is 54.6 Å². The highest BCUT2D eigenvalue weighted by Gasteiger charge is 2.42. The molecule has 3 aromatic carbocycles. The monoisotopic (exact) mass is 486 g/mol. The van der Waals surface area contributed by atoms with Gasteiger partial charge in [-0.1, -0.05) is 72.4 Å². The van der Waals surface area contributed by atoms with Crippen LogP contribution in [0.5, 0.6) is 0 Å². The first-order valence-corrected chi connectivity index (χ1v) is 12.4. The molecule has 0 saturated heterocycles. The van der Waals surface area contributed by atoms with Gasteiger partial charge in [-0.2, -0.15) is 0 Å². The van der Waals surface area contributed by atoms with Crippen molar-refractivity contribution in [2.75, 3.05) is 6.54 Å². The number of thioether (sulfide) groups is 1. The molecule has 176 valence electrons. The van der Waals surface area contributed by atoms with E-state index in [2.05, 4.69) is 15.3 Å². The molecule has 2 aliphatic rings. The number of para-hydroxylation sites is 1. The third kappa shape index (κ3) is 5.02. The van der Waals surface area contributed by atoms with Crippen LogP contribution in [0.2, 0.25) is 0 Å². The highest BCUT2D eigenvalue weighted by molar-refractivity contribution is 8.13. The van der Waals surface area contributed by atoms with Crippen molar-refractivity contribution in [3.8, 4) is 0 Å². The second-order valence-corrected chi connectivity index (χ2v) is 9.17. The van der Waals surface area contributed by atoms with Gasteiger partial charge in [-0.25, -0.2) is 14.3 Å². The fourth-order valence-electron chi connectivity index (χ4n) is 4.03. The predicted molar refractivity (Wildman–Crippen MR) is 136 cm³/mol. The first kappa shape index (κ1) is 23.0. The van der Waals surface area contributed by atoms with E-state index in [1.165, 1.54) is 22.7 Å². The molecule has 0 unspecified atom stereocenters. The summed E-state index contributed by atoms with van der Waals surface area (Å²) in [5.41, 5.74) is 3.09. The Kier molecular flexibility index (Phi) is 6.72. The van der Waals surface area contributed by atoms with Crippen molar-refractivity contribution in [1.82, 2.24) is 10.2 Å². The predicted octanol–water partition coefficient (Wildman–Crippen LogP) is 4.47. The standard InChI is InChI=1S/C27H23FN4O2S/c28-21-12-6-4-10-19(21)17-35-27-31-22-13-7-5-11-20(22)25-30-23(26(34)32(25)27)16-24(33)29-15-14-18-8-2-1-3-9-18/h1-13,23H,14-17H2,(H,29,33)/t23-/m1/s1. The summed E-state index contributed by atoms with van der Waals surface area (Å²) in [6.07, 6.45) is 0.670. The highest BCUT2D eigenvalue weighted by atomic mass is 32.2. The summed E-state index contributed by atoms with van der Waals surface area (Å²) in [7, 11) is 0. The van der Waals surface area contributed by atoms with Gasteiger partial charge in [0.1, 0.15) is 17.7 Å². The lowest BCUT2D eigenvalue weighted by molar-refractivity contribution is -0.128. The molecule has 2 heterocycles. The number of benzene rings is 3. The first-order chi connectivity index (χ1) is 17.1. The molecule has 6 nitrogen and oxygen atoms in total. The van der Waals surface area contributed by atoms with E-state index >= 15 is 0 Å². The van der Waals surface area contributed by atoms with E-state index in [1.54, 1.807) is 18.2 Å². The van der Waals surface area contributed by atoms with Crippen molar-refractivity contribution in [1.29, 1.82) is 0 Å². The number of hydrogen-bond donors (Lipinski definition) is 1. The molecular weight excluding hydrogens is 463 g/mol. The van der Waals surface area contributed by atoms with Gasteiger partial charge < -0.3 is 5.32 Å². The number of aliphatic imine (C=N–C) groups is 2. The van der Waals surface area contributed by atoms with Gasteiger partial charge in [0.05, 0.1) is 12.1 Å². The molecule has 0 saturated carbocycles. The number of halogens is 1. The SMILES string of the molecule is O=C(C[C@H]1N=C2c3ccccc3N=C(SCc3ccccc3F)N2C1=O)NCCc1ccccc1. The van der Waals surface area contributed by atoms with Crippen molar-refractivity contribution in [3.05, 3.63) is 101 Å². The Morgan fingerprint density at radius 2 is 1.74 bits per heavy atom. The third-order valence-corrected chi connectivity index (χ3v) is 6.81.